The maximum Gasteiger partial charge on any atom is 0.324 e. The summed E-state index contributed by atoms with van der Waals surface area (Å²) in [6.07, 6.45) is 2.16. The van der Waals surface area contributed by atoms with Crippen LogP contribution in [0.15, 0.2) is 24.3 Å². The molecule has 172 valence electrons. The third-order valence-electron chi connectivity index (χ3n) is 5.23. The lowest BCUT2D eigenvalue weighted by atomic mass is 10.1. The van der Waals surface area contributed by atoms with Gasteiger partial charge in [-0.1, -0.05) is 6.07 Å². The highest BCUT2D eigenvalue weighted by Crippen LogP contribution is 2.31. The number of nitrogens with one attached hydrogen (secondary N) is 3. The van der Waals surface area contributed by atoms with Gasteiger partial charge >= 0.3 is 6.03 Å². The van der Waals surface area contributed by atoms with E-state index in [0.29, 0.717) is 23.8 Å². The Morgan fingerprint density at radius 3 is 2.78 bits per heavy atom. The Balaban J connectivity index is 1.36. The van der Waals surface area contributed by atoms with Crippen molar-refractivity contribution < 1.29 is 27.1 Å². The number of nitrogens with zero attached hydrogens (tertiary/aromatic N) is 2. The predicted octanol–water partition coefficient (Wildman–Crippen LogP) is 1.57. The van der Waals surface area contributed by atoms with Gasteiger partial charge in [-0.2, -0.15) is 5.10 Å². The van der Waals surface area contributed by atoms with Crippen molar-refractivity contribution in [2.24, 2.45) is 5.92 Å². The van der Waals surface area contributed by atoms with Crippen LogP contribution in [0, 0.1) is 11.7 Å². The Labute approximate surface area is 184 Å². The topological polar surface area (TPSA) is 133 Å². The van der Waals surface area contributed by atoms with E-state index >= 15 is 0 Å². The van der Waals surface area contributed by atoms with Gasteiger partial charge in [-0.25, -0.2) is 22.3 Å². The molecule has 0 radical (unpaired) electrons. The molecular formula is C20H24FN5O5S. The van der Waals surface area contributed by atoms with Crippen LogP contribution < -0.4 is 14.8 Å². The Morgan fingerprint density at radius 2 is 2.09 bits per heavy atom. The Kier molecular flexibility index (Phi) is 6.15. The number of carbonyl (C=O) groups excluding carboxylic acids is 2. The first-order chi connectivity index (χ1) is 15.2. The van der Waals surface area contributed by atoms with Gasteiger partial charge in [0.15, 0.2) is 11.6 Å². The van der Waals surface area contributed by atoms with Crippen molar-refractivity contribution in [3.8, 4) is 5.75 Å². The van der Waals surface area contributed by atoms with Crippen LogP contribution in [-0.4, -0.2) is 48.6 Å². The number of ether oxygens (including phenoxy) is 1. The van der Waals surface area contributed by atoms with E-state index in [9.17, 15) is 22.4 Å². The highest BCUT2D eigenvalue weighted by Gasteiger charge is 2.27. The van der Waals surface area contributed by atoms with Crippen LogP contribution in [0.1, 0.15) is 42.8 Å². The predicted molar refractivity (Wildman–Crippen MR) is 111 cm³/mol. The van der Waals surface area contributed by atoms with Crippen LogP contribution in [0.2, 0.25) is 0 Å². The maximum atomic E-state index is 14.0. The average molecular weight is 466 g/mol. The summed E-state index contributed by atoms with van der Waals surface area (Å²) in [5, 5.41) is 8.84. The highest BCUT2D eigenvalue weighted by atomic mass is 32.2. The quantitative estimate of drug-likeness (QED) is 0.456. The number of rotatable bonds is 10. The minimum atomic E-state index is -3.77. The molecule has 1 aromatic carbocycles. The zero-order chi connectivity index (χ0) is 22.9. The molecule has 32 heavy (non-hydrogen) atoms. The molecule has 1 aromatic heterocycles. The molecule has 3 amide bonds. The van der Waals surface area contributed by atoms with E-state index in [-0.39, 0.29) is 30.3 Å². The van der Waals surface area contributed by atoms with Gasteiger partial charge in [-0.15, -0.1) is 0 Å². The lowest BCUT2D eigenvalue weighted by Gasteiger charge is -2.16. The molecular weight excluding hydrogens is 441 g/mol. The number of aromatic nitrogens is 2. The molecule has 0 bridgehead atoms. The molecule has 1 saturated carbocycles. The van der Waals surface area contributed by atoms with E-state index in [1.165, 1.54) is 29.2 Å². The van der Waals surface area contributed by atoms with Crippen molar-refractivity contribution in [1.82, 2.24) is 25.1 Å². The van der Waals surface area contributed by atoms with Gasteiger partial charge in [0.2, 0.25) is 15.9 Å². The maximum absolute atomic E-state index is 14.0. The lowest BCUT2D eigenvalue weighted by Crippen LogP contribution is -2.28. The van der Waals surface area contributed by atoms with E-state index in [1.807, 2.05) is 0 Å². The minimum Gasteiger partial charge on any atom is -0.490 e. The fraction of sp³-hybridized carbons (Fsp3) is 0.450. The summed E-state index contributed by atoms with van der Waals surface area (Å²) in [7, 11) is -3.77. The summed E-state index contributed by atoms with van der Waals surface area (Å²) in [6.45, 7) is 2.16. The summed E-state index contributed by atoms with van der Waals surface area (Å²) in [4.78, 5) is 24.2. The van der Waals surface area contributed by atoms with Gasteiger partial charge in [-0.3, -0.25) is 15.2 Å². The van der Waals surface area contributed by atoms with Gasteiger partial charge < -0.3 is 9.64 Å². The zero-order valence-electron chi connectivity index (χ0n) is 17.4. The third-order valence-corrected chi connectivity index (χ3v) is 6.62. The molecule has 12 heteroatoms. The van der Waals surface area contributed by atoms with Crippen molar-refractivity contribution in [2.45, 2.75) is 38.1 Å². The van der Waals surface area contributed by atoms with Gasteiger partial charge in [0, 0.05) is 6.04 Å². The highest BCUT2D eigenvalue weighted by molar-refractivity contribution is 7.88. The van der Waals surface area contributed by atoms with Crippen LogP contribution in [0.3, 0.4) is 0 Å². The monoisotopic (exact) mass is 465 g/mol. The van der Waals surface area contributed by atoms with E-state index in [0.717, 1.165) is 12.8 Å². The first-order valence-corrected chi connectivity index (χ1v) is 11.9. The van der Waals surface area contributed by atoms with Gasteiger partial charge in [-0.05, 0) is 49.4 Å². The molecule has 2 aromatic rings. The molecule has 0 spiro atoms. The van der Waals surface area contributed by atoms with Crippen LogP contribution in [0.5, 0.6) is 5.75 Å². The smallest absolute Gasteiger partial charge is 0.324 e. The first-order valence-electron chi connectivity index (χ1n) is 10.2. The number of aromatic amines is 1. The number of carbonyl (C=O) groups is 2. The van der Waals surface area contributed by atoms with E-state index in [1.54, 1.807) is 6.92 Å². The summed E-state index contributed by atoms with van der Waals surface area (Å²) in [6, 6.07) is 4.71. The van der Waals surface area contributed by atoms with Crippen molar-refractivity contribution >= 4 is 22.0 Å². The second-order valence-corrected chi connectivity index (χ2v) is 9.89. The summed E-state index contributed by atoms with van der Waals surface area (Å²) < 4.78 is 47.3. The number of hydrogen-bond acceptors (Lipinski definition) is 6. The van der Waals surface area contributed by atoms with Crippen LogP contribution in [0.25, 0.3) is 0 Å². The summed E-state index contributed by atoms with van der Waals surface area (Å²) in [5.41, 5.74) is 1.34. The fourth-order valence-corrected chi connectivity index (χ4v) is 4.64. The van der Waals surface area contributed by atoms with Gasteiger partial charge in [0.25, 0.3) is 0 Å². The molecule has 1 atom stereocenters. The molecule has 2 fully saturated rings. The molecule has 4 rings (SSSR count). The molecule has 3 N–H and O–H groups in total. The number of amides is 3. The Hall–Kier alpha value is -2.99. The van der Waals surface area contributed by atoms with E-state index in [4.69, 9.17) is 4.74 Å². The first kappa shape index (κ1) is 22.2. The number of imide groups is 1. The van der Waals surface area contributed by atoms with E-state index < -0.39 is 33.8 Å². The van der Waals surface area contributed by atoms with Gasteiger partial charge in [0.1, 0.15) is 12.3 Å². The molecule has 1 aliphatic heterocycles. The van der Waals surface area contributed by atoms with Crippen LogP contribution in [0.4, 0.5) is 9.18 Å². The minimum absolute atomic E-state index is 0.0609. The molecule has 1 aliphatic carbocycles. The standard InChI is InChI=1S/C20H24FN5O5S/c1-12(14-4-5-17(21)18(6-14)31-10-13-2-3-13)25-32(29,30)11-16-7-15(23-24-16)8-26-9-19(27)22-20(26)28/h4-7,12-13,25H,2-3,8-11H2,1H3,(H,23,24)(H,22,27,28)/t12-/m1/s1. The SMILES string of the molecule is C[C@@H](NS(=O)(=O)Cc1cc(CN2CC(=O)NC2=O)[nH]n1)c1ccc(F)c(OCC2CC2)c1. The van der Waals surface area contributed by atoms with Crippen molar-refractivity contribution in [3.05, 3.63) is 47.0 Å². The zero-order valence-corrected chi connectivity index (χ0v) is 18.2. The third kappa shape index (κ3) is 5.62. The number of sulfonamides is 1. The number of halogens is 1. The van der Waals surface area contributed by atoms with Crippen molar-refractivity contribution in [2.75, 3.05) is 13.2 Å². The van der Waals surface area contributed by atoms with E-state index in [2.05, 4.69) is 20.2 Å². The normalized spacial score (nSPS) is 17.5. The number of H-pyrrole nitrogens is 1. The van der Waals surface area contributed by atoms with Gasteiger partial charge in [0.05, 0.1) is 24.5 Å². The molecule has 10 nitrogen and oxygen atoms in total. The second-order valence-electron chi connectivity index (χ2n) is 8.14. The Bertz CT molecular complexity index is 1130. The number of urea groups is 1. The van der Waals surface area contributed by atoms with Crippen molar-refractivity contribution in [3.63, 3.8) is 0 Å². The molecule has 2 aliphatic rings. The van der Waals surface area contributed by atoms with Crippen molar-refractivity contribution in [1.29, 1.82) is 0 Å². The van der Waals surface area contributed by atoms with Crippen LogP contribution in [-0.2, 0) is 27.1 Å². The number of hydrogen-bond donors (Lipinski definition) is 3. The fourth-order valence-electron chi connectivity index (χ4n) is 3.35. The summed E-state index contributed by atoms with van der Waals surface area (Å²) in [5.74, 6) is -0.681. The molecule has 0 unspecified atom stereocenters. The second kappa shape index (κ2) is 8.87. The average Bonchev–Trinajstić information content (AvgIpc) is 3.36. The largest absolute Gasteiger partial charge is 0.490 e. The molecule has 1 saturated heterocycles. The summed E-state index contributed by atoms with van der Waals surface area (Å²) >= 11 is 0. The lowest BCUT2D eigenvalue weighted by molar-refractivity contribution is -0.118. The number of benzene rings is 1. The van der Waals surface area contributed by atoms with Crippen LogP contribution >= 0.6 is 0 Å². The Morgan fingerprint density at radius 1 is 1.31 bits per heavy atom. The molecule has 2 heterocycles.